The molecule has 0 saturated heterocycles. The van der Waals surface area contributed by atoms with E-state index in [9.17, 15) is 4.79 Å². The molecule has 3 aromatic rings. The molecule has 1 heterocycles. The van der Waals surface area contributed by atoms with Gasteiger partial charge in [-0.3, -0.25) is 9.78 Å². The lowest BCUT2D eigenvalue weighted by molar-refractivity contribution is 0.0939. The second-order valence-electron chi connectivity index (χ2n) is 6.71. The summed E-state index contributed by atoms with van der Waals surface area (Å²) in [6, 6.07) is 16.5. The zero-order valence-corrected chi connectivity index (χ0v) is 17.4. The smallest absolute Gasteiger partial charge is 0.251 e. The highest BCUT2D eigenvalue weighted by atomic mass is 16.5. The molecule has 1 amide bonds. The van der Waals surface area contributed by atoms with Gasteiger partial charge >= 0.3 is 0 Å². The Balaban J connectivity index is 1.60. The van der Waals surface area contributed by atoms with Crippen molar-refractivity contribution in [2.45, 2.75) is 26.5 Å². The molecule has 0 saturated carbocycles. The number of hydrogen-bond acceptors (Lipinski definition) is 5. The van der Waals surface area contributed by atoms with Gasteiger partial charge in [0.15, 0.2) is 11.5 Å². The molecule has 0 aliphatic heterocycles. The number of benzene rings is 2. The maximum atomic E-state index is 12.7. The maximum absolute atomic E-state index is 12.7. The van der Waals surface area contributed by atoms with Crippen LogP contribution in [-0.2, 0) is 6.61 Å². The molecular formula is C24H26N2O4. The normalized spacial score (nSPS) is 11.4. The zero-order chi connectivity index (χ0) is 21.3. The van der Waals surface area contributed by atoms with Gasteiger partial charge < -0.3 is 19.5 Å². The second-order valence-corrected chi connectivity index (χ2v) is 6.71. The van der Waals surface area contributed by atoms with E-state index < -0.39 is 0 Å². The first-order valence-corrected chi connectivity index (χ1v) is 9.84. The standard InChI is InChI=1S/C24H26N2O4/c1-4-29-23-14-20(9-12-22(23)28-3)24(27)26-17(2)19-7-10-21(11-8-19)30-16-18-6-5-13-25-15-18/h5-15,17H,4,16H2,1-3H3,(H,26,27). The lowest BCUT2D eigenvalue weighted by atomic mass is 10.1. The first-order valence-electron chi connectivity index (χ1n) is 9.84. The molecule has 6 nitrogen and oxygen atoms in total. The van der Waals surface area contributed by atoms with Crippen LogP contribution in [0.15, 0.2) is 67.0 Å². The van der Waals surface area contributed by atoms with E-state index in [1.54, 1.807) is 37.7 Å². The largest absolute Gasteiger partial charge is 0.493 e. The van der Waals surface area contributed by atoms with Crippen molar-refractivity contribution >= 4 is 5.91 Å². The third-order valence-corrected chi connectivity index (χ3v) is 4.58. The summed E-state index contributed by atoms with van der Waals surface area (Å²) in [4.78, 5) is 16.7. The average Bonchev–Trinajstić information content (AvgIpc) is 2.79. The Bertz CT molecular complexity index is 959. The number of rotatable bonds is 9. The molecule has 0 fully saturated rings. The van der Waals surface area contributed by atoms with Crippen molar-refractivity contribution in [3.63, 3.8) is 0 Å². The molecule has 0 aliphatic rings. The van der Waals surface area contributed by atoms with Crippen molar-refractivity contribution < 1.29 is 19.0 Å². The van der Waals surface area contributed by atoms with Crippen molar-refractivity contribution in [3.05, 3.63) is 83.7 Å². The van der Waals surface area contributed by atoms with Crippen LogP contribution in [-0.4, -0.2) is 24.6 Å². The van der Waals surface area contributed by atoms with Crippen LogP contribution in [0.1, 0.15) is 41.4 Å². The van der Waals surface area contributed by atoms with Crippen molar-refractivity contribution in [1.82, 2.24) is 10.3 Å². The van der Waals surface area contributed by atoms with E-state index in [2.05, 4.69) is 10.3 Å². The molecule has 3 rings (SSSR count). The van der Waals surface area contributed by atoms with Crippen LogP contribution in [0.25, 0.3) is 0 Å². The van der Waals surface area contributed by atoms with Crippen LogP contribution in [0.5, 0.6) is 17.2 Å². The summed E-state index contributed by atoms with van der Waals surface area (Å²) < 4.78 is 16.6. The maximum Gasteiger partial charge on any atom is 0.251 e. The van der Waals surface area contributed by atoms with Crippen molar-refractivity contribution in [2.24, 2.45) is 0 Å². The first-order chi connectivity index (χ1) is 14.6. The molecule has 0 bridgehead atoms. The van der Waals surface area contributed by atoms with Crippen LogP contribution in [0.4, 0.5) is 0 Å². The number of aromatic nitrogens is 1. The molecular weight excluding hydrogens is 380 g/mol. The van der Waals surface area contributed by atoms with Crippen molar-refractivity contribution in [1.29, 1.82) is 0 Å². The van der Waals surface area contributed by atoms with E-state index in [0.717, 1.165) is 16.9 Å². The molecule has 2 aromatic carbocycles. The molecule has 156 valence electrons. The zero-order valence-electron chi connectivity index (χ0n) is 17.4. The number of nitrogens with zero attached hydrogens (tertiary/aromatic N) is 1. The Hall–Kier alpha value is -3.54. The van der Waals surface area contributed by atoms with Crippen LogP contribution in [0, 0.1) is 0 Å². The summed E-state index contributed by atoms with van der Waals surface area (Å²) in [5, 5.41) is 3.01. The summed E-state index contributed by atoms with van der Waals surface area (Å²) >= 11 is 0. The predicted octanol–water partition coefficient (Wildman–Crippen LogP) is 4.56. The van der Waals surface area contributed by atoms with E-state index >= 15 is 0 Å². The Morgan fingerprint density at radius 1 is 1.07 bits per heavy atom. The quantitative estimate of drug-likeness (QED) is 0.564. The minimum atomic E-state index is -0.178. The number of carbonyl (C=O) groups is 1. The highest BCUT2D eigenvalue weighted by Gasteiger charge is 2.14. The summed E-state index contributed by atoms with van der Waals surface area (Å²) in [6.07, 6.45) is 3.51. The van der Waals surface area contributed by atoms with Crippen LogP contribution in [0.2, 0.25) is 0 Å². The molecule has 6 heteroatoms. The molecule has 0 aliphatic carbocycles. The molecule has 30 heavy (non-hydrogen) atoms. The van der Waals surface area contributed by atoms with E-state index in [4.69, 9.17) is 14.2 Å². The van der Waals surface area contributed by atoms with Crippen molar-refractivity contribution in [2.75, 3.05) is 13.7 Å². The van der Waals surface area contributed by atoms with Gasteiger partial charge in [-0.2, -0.15) is 0 Å². The number of pyridine rings is 1. The molecule has 0 radical (unpaired) electrons. The second kappa shape index (κ2) is 10.3. The van der Waals surface area contributed by atoms with Gasteiger partial charge in [0.2, 0.25) is 0 Å². The first kappa shape index (κ1) is 21.2. The van der Waals surface area contributed by atoms with Crippen molar-refractivity contribution in [3.8, 4) is 17.2 Å². The van der Waals surface area contributed by atoms with Crippen LogP contribution < -0.4 is 19.5 Å². The minimum Gasteiger partial charge on any atom is -0.493 e. The lowest BCUT2D eigenvalue weighted by Crippen LogP contribution is -2.26. The molecule has 1 aromatic heterocycles. The van der Waals surface area contributed by atoms with Gasteiger partial charge in [-0.1, -0.05) is 18.2 Å². The number of hydrogen-bond donors (Lipinski definition) is 1. The van der Waals surface area contributed by atoms with Gasteiger partial charge in [-0.15, -0.1) is 0 Å². The number of methoxy groups -OCH3 is 1. The molecule has 1 N–H and O–H groups in total. The van der Waals surface area contributed by atoms with E-state index in [-0.39, 0.29) is 11.9 Å². The number of ether oxygens (including phenoxy) is 3. The highest BCUT2D eigenvalue weighted by Crippen LogP contribution is 2.28. The lowest BCUT2D eigenvalue weighted by Gasteiger charge is -2.16. The predicted molar refractivity (Wildman–Crippen MR) is 115 cm³/mol. The topological polar surface area (TPSA) is 69.7 Å². The Morgan fingerprint density at radius 3 is 2.53 bits per heavy atom. The minimum absolute atomic E-state index is 0.164. The van der Waals surface area contributed by atoms with E-state index in [1.165, 1.54) is 0 Å². The molecule has 0 spiro atoms. The van der Waals surface area contributed by atoms with Gasteiger partial charge in [-0.25, -0.2) is 0 Å². The van der Waals surface area contributed by atoms with Gasteiger partial charge in [0.05, 0.1) is 19.8 Å². The number of amides is 1. The number of nitrogens with one attached hydrogen (secondary N) is 1. The number of carbonyl (C=O) groups excluding carboxylic acids is 1. The van der Waals surface area contributed by atoms with Gasteiger partial charge in [0.25, 0.3) is 5.91 Å². The van der Waals surface area contributed by atoms with E-state index in [1.807, 2.05) is 50.2 Å². The Morgan fingerprint density at radius 2 is 1.87 bits per heavy atom. The SMILES string of the molecule is CCOc1cc(C(=O)NC(C)c2ccc(OCc3cccnc3)cc2)ccc1OC. The monoisotopic (exact) mass is 406 g/mol. The summed E-state index contributed by atoms with van der Waals surface area (Å²) in [7, 11) is 1.57. The summed E-state index contributed by atoms with van der Waals surface area (Å²) in [5.41, 5.74) is 2.51. The average molecular weight is 406 g/mol. The molecule has 1 unspecified atom stereocenters. The third kappa shape index (κ3) is 5.50. The Labute approximate surface area is 176 Å². The third-order valence-electron chi connectivity index (χ3n) is 4.58. The summed E-state index contributed by atoms with van der Waals surface area (Å²) in [5.74, 6) is 1.74. The van der Waals surface area contributed by atoms with Gasteiger partial charge in [0.1, 0.15) is 12.4 Å². The van der Waals surface area contributed by atoms with Crippen LogP contribution >= 0.6 is 0 Å². The van der Waals surface area contributed by atoms with Crippen LogP contribution in [0.3, 0.4) is 0 Å². The highest BCUT2D eigenvalue weighted by molar-refractivity contribution is 5.95. The van der Waals surface area contributed by atoms with Gasteiger partial charge in [-0.05, 0) is 55.8 Å². The van der Waals surface area contributed by atoms with E-state index in [0.29, 0.717) is 30.3 Å². The van der Waals surface area contributed by atoms with Gasteiger partial charge in [0, 0.05) is 23.5 Å². The fourth-order valence-electron chi connectivity index (χ4n) is 2.95. The molecule has 1 atom stereocenters. The Kier molecular flexibility index (Phi) is 7.27. The fraction of sp³-hybridized carbons (Fsp3) is 0.250. The summed E-state index contributed by atoms with van der Waals surface area (Å²) in [6.45, 7) is 4.78. The fourth-order valence-corrected chi connectivity index (χ4v) is 2.95.